The fraction of sp³-hybridized carbons (Fsp3) is 0.357. The number of nitrogens with zero attached hydrogens (tertiary/aromatic N) is 1. The van der Waals surface area contributed by atoms with Crippen molar-refractivity contribution in [3.05, 3.63) is 24.3 Å². The summed E-state index contributed by atoms with van der Waals surface area (Å²) in [5.74, 6) is -1.41. The van der Waals surface area contributed by atoms with Crippen LogP contribution in [0.3, 0.4) is 0 Å². The van der Waals surface area contributed by atoms with Crippen LogP contribution in [0, 0.1) is 0 Å². The highest BCUT2D eigenvalue weighted by atomic mass is 16.5. The molecule has 0 spiro atoms. The van der Waals surface area contributed by atoms with E-state index in [0.29, 0.717) is 37.7 Å². The van der Waals surface area contributed by atoms with Gasteiger partial charge in [0.15, 0.2) is 0 Å². The Labute approximate surface area is 122 Å². The predicted octanol–water partition coefficient (Wildman–Crippen LogP) is 0.442. The first kappa shape index (κ1) is 15.0. The Morgan fingerprint density at radius 3 is 2.05 bits per heavy atom. The molecule has 1 aromatic carbocycles. The van der Waals surface area contributed by atoms with E-state index in [1.54, 1.807) is 24.3 Å². The maximum Gasteiger partial charge on any atom is 0.313 e. The number of benzene rings is 1. The monoisotopic (exact) mass is 291 g/mol. The Kier molecular flexibility index (Phi) is 4.89. The van der Waals surface area contributed by atoms with Gasteiger partial charge in [0.1, 0.15) is 0 Å². The van der Waals surface area contributed by atoms with Gasteiger partial charge in [-0.05, 0) is 24.3 Å². The Bertz CT molecular complexity index is 536. The Balaban J connectivity index is 1.92. The first-order valence-corrected chi connectivity index (χ1v) is 6.62. The van der Waals surface area contributed by atoms with Gasteiger partial charge in [-0.1, -0.05) is 0 Å². The molecule has 2 rings (SSSR count). The van der Waals surface area contributed by atoms with Gasteiger partial charge in [0, 0.05) is 31.4 Å². The average molecular weight is 291 g/mol. The van der Waals surface area contributed by atoms with Crippen LogP contribution < -0.4 is 10.6 Å². The molecule has 7 heteroatoms. The van der Waals surface area contributed by atoms with Gasteiger partial charge in [0.25, 0.3) is 0 Å². The molecule has 3 amide bonds. The van der Waals surface area contributed by atoms with Crippen LogP contribution in [0.2, 0.25) is 0 Å². The molecular formula is C14H17N3O4. The number of nitrogens with one attached hydrogen (secondary N) is 2. The first-order valence-electron chi connectivity index (χ1n) is 6.62. The molecule has 0 aromatic heterocycles. The van der Waals surface area contributed by atoms with E-state index in [1.165, 1.54) is 11.8 Å². The molecule has 1 aliphatic heterocycles. The van der Waals surface area contributed by atoms with Crippen molar-refractivity contribution in [1.29, 1.82) is 0 Å². The number of anilines is 2. The molecule has 1 heterocycles. The summed E-state index contributed by atoms with van der Waals surface area (Å²) in [4.78, 5) is 36.1. The third kappa shape index (κ3) is 4.28. The minimum atomic E-state index is -0.677. The van der Waals surface area contributed by atoms with Crippen molar-refractivity contribution in [3.63, 3.8) is 0 Å². The lowest BCUT2D eigenvalue weighted by molar-refractivity contribution is -0.145. The van der Waals surface area contributed by atoms with Gasteiger partial charge >= 0.3 is 11.8 Å². The van der Waals surface area contributed by atoms with Crippen molar-refractivity contribution in [1.82, 2.24) is 4.90 Å². The number of hydrogen-bond donors (Lipinski definition) is 2. The highest BCUT2D eigenvalue weighted by Crippen LogP contribution is 2.13. The van der Waals surface area contributed by atoms with Gasteiger partial charge in [0.05, 0.1) is 13.2 Å². The number of carbonyl (C=O) groups excluding carboxylic acids is 3. The molecule has 1 aliphatic rings. The molecule has 7 nitrogen and oxygen atoms in total. The van der Waals surface area contributed by atoms with E-state index in [-0.39, 0.29) is 5.91 Å². The first-order chi connectivity index (χ1) is 10.1. The standard InChI is InChI=1S/C14H17N3O4/c1-10(18)15-11-2-4-12(5-3-11)16-13(19)14(20)17-6-8-21-9-7-17/h2-5H,6-9H2,1H3,(H,15,18)(H,16,19). The van der Waals surface area contributed by atoms with E-state index < -0.39 is 11.8 Å². The molecule has 112 valence electrons. The third-order valence-electron chi connectivity index (χ3n) is 2.96. The second-order valence-corrected chi connectivity index (χ2v) is 4.62. The quantitative estimate of drug-likeness (QED) is 0.774. The van der Waals surface area contributed by atoms with Crippen LogP contribution >= 0.6 is 0 Å². The lowest BCUT2D eigenvalue weighted by Crippen LogP contribution is -2.45. The number of hydrogen-bond acceptors (Lipinski definition) is 4. The molecule has 0 bridgehead atoms. The molecule has 0 saturated carbocycles. The van der Waals surface area contributed by atoms with Crippen LogP contribution in [0.1, 0.15) is 6.92 Å². The van der Waals surface area contributed by atoms with Crippen molar-refractivity contribution in [2.45, 2.75) is 6.92 Å². The minimum Gasteiger partial charge on any atom is -0.378 e. The summed E-state index contributed by atoms with van der Waals surface area (Å²) in [6, 6.07) is 6.54. The van der Waals surface area contributed by atoms with Crippen molar-refractivity contribution in [2.24, 2.45) is 0 Å². The van der Waals surface area contributed by atoms with Gasteiger partial charge in [0.2, 0.25) is 5.91 Å². The zero-order valence-electron chi connectivity index (χ0n) is 11.7. The van der Waals surface area contributed by atoms with Crippen LogP contribution in [0.5, 0.6) is 0 Å². The van der Waals surface area contributed by atoms with Crippen molar-refractivity contribution in [3.8, 4) is 0 Å². The summed E-state index contributed by atoms with van der Waals surface area (Å²) >= 11 is 0. The van der Waals surface area contributed by atoms with Crippen LogP contribution in [0.25, 0.3) is 0 Å². The normalized spacial score (nSPS) is 14.4. The largest absolute Gasteiger partial charge is 0.378 e. The van der Waals surface area contributed by atoms with Gasteiger partial charge in [-0.25, -0.2) is 0 Å². The maximum atomic E-state index is 11.9. The van der Waals surface area contributed by atoms with Crippen molar-refractivity contribution < 1.29 is 19.1 Å². The number of ether oxygens (including phenoxy) is 1. The molecule has 0 atom stereocenters. The number of amides is 3. The Morgan fingerprint density at radius 1 is 1.00 bits per heavy atom. The number of carbonyl (C=O) groups is 3. The SMILES string of the molecule is CC(=O)Nc1ccc(NC(=O)C(=O)N2CCOCC2)cc1. The van der Waals surface area contributed by atoms with E-state index in [9.17, 15) is 14.4 Å². The molecule has 1 saturated heterocycles. The summed E-state index contributed by atoms with van der Waals surface area (Å²) in [7, 11) is 0. The topological polar surface area (TPSA) is 87.7 Å². The van der Waals surface area contributed by atoms with Gasteiger partial charge in [-0.15, -0.1) is 0 Å². The summed E-state index contributed by atoms with van der Waals surface area (Å²) < 4.78 is 5.13. The molecule has 2 N–H and O–H groups in total. The Hall–Kier alpha value is -2.41. The highest BCUT2D eigenvalue weighted by molar-refractivity contribution is 6.39. The van der Waals surface area contributed by atoms with Gasteiger partial charge in [-0.3, -0.25) is 14.4 Å². The third-order valence-corrected chi connectivity index (χ3v) is 2.96. The molecule has 0 unspecified atom stereocenters. The van der Waals surface area contributed by atoms with Gasteiger partial charge in [-0.2, -0.15) is 0 Å². The van der Waals surface area contributed by atoms with E-state index in [4.69, 9.17) is 4.74 Å². The predicted molar refractivity (Wildman–Crippen MR) is 76.8 cm³/mol. The fourth-order valence-electron chi connectivity index (χ4n) is 1.93. The number of morpholine rings is 1. The second kappa shape index (κ2) is 6.85. The van der Waals surface area contributed by atoms with Gasteiger partial charge < -0.3 is 20.3 Å². The molecular weight excluding hydrogens is 274 g/mol. The summed E-state index contributed by atoms with van der Waals surface area (Å²) in [6.45, 7) is 3.16. The molecule has 1 fully saturated rings. The maximum absolute atomic E-state index is 11.9. The van der Waals surface area contributed by atoms with Crippen LogP contribution in [-0.2, 0) is 19.1 Å². The minimum absolute atomic E-state index is 0.172. The zero-order valence-corrected chi connectivity index (χ0v) is 11.7. The lowest BCUT2D eigenvalue weighted by Gasteiger charge is -2.26. The van der Waals surface area contributed by atoms with Crippen LogP contribution in [0.4, 0.5) is 11.4 Å². The second-order valence-electron chi connectivity index (χ2n) is 4.62. The highest BCUT2D eigenvalue weighted by Gasteiger charge is 2.23. The van der Waals surface area contributed by atoms with Crippen molar-refractivity contribution >= 4 is 29.1 Å². The summed E-state index contributed by atoms with van der Waals surface area (Å²) in [5, 5.41) is 5.15. The van der Waals surface area contributed by atoms with Crippen LogP contribution in [-0.4, -0.2) is 48.9 Å². The van der Waals surface area contributed by atoms with Crippen molar-refractivity contribution in [2.75, 3.05) is 36.9 Å². The van der Waals surface area contributed by atoms with E-state index in [1.807, 2.05) is 0 Å². The summed E-state index contributed by atoms with van der Waals surface area (Å²) in [5.41, 5.74) is 1.12. The lowest BCUT2D eigenvalue weighted by atomic mass is 10.2. The smallest absolute Gasteiger partial charge is 0.313 e. The van der Waals surface area contributed by atoms with E-state index in [0.717, 1.165) is 0 Å². The molecule has 0 radical (unpaired) electrons. The number of rotatable bonds is 2. The zero-order chi connectivity index (χ0) is 15.2. The Morgan fingerprint density at radius 2 is 1.52 bits per heavy atom. The molecule has 1 aromatic rings. The van der Waals surface area contributed by atoms with Crippen LogP contribution in [0.15, 0.2) is 24.3 Å². The molecule has 21 heavy (non-hydrogen) atoms. The average Bonchev–Trinajstić information content (AvgIpc) is 2.49. The van der Waals surface area contributed by atoms with E-state index >= 15 is 0 Å². The molecule has 0 aliphatic carbocycles. The fourth-order valence-corrected chi connectivity index (χ4v) is 1.93. The van der Waals surface area contributed by atoms with E-state index in [2.05, 4.69) is 10.6 Å². The summed E-state index contributed by atoms with van der Waals surface area (Å²) in [6.07, 6.45) is 0.